The van der Waals surface area contributed by atoms with Gasteiger partial charge in [-0.05, 0) is 81.3 Å². The third-order valence-corrected chi connectivity index (χ3v) is 8.34. The summed E-state index contributed by atoms with van der Waals surface area (Å²) in [6.45, 7) is 0.709. The van der Waals surface area contributed by atoms with Crippen molar-refractivity contribution in [2.45, 2.75) is 31.0 Å². The average Bonchev–Trinajstić information content (AvgIpc) is 2.85. The van der Waals surface area contributed by atoms with Gasteiger partial charge in [0.1, 0.15) is 22.8 Å². The molecule has 0 heterocycles. The molecule has 0 aliphatic heterocycles. The first-order valence-corrected chi connectivity index (χ1v) is 13.0. The van der Waals surface area contributed by atoms with Crippen LogP contribution < -0.4 is 5.73 Å². The molecule has 210 valence electrons. The summed E-state index contributed by atoms with van der Waals surface area (Å²) >= 11 is 0. The fourth-order valence-corrected chi connectivity index (χ4v) is 6.72. The molecule has 1 amide bonds. The number of fused-ring (bicyclic) bond motifs is 3. The van der Waals surface area contributed by atoms with Crippen molar-refractivity contribution < 1.29 is 34.8 Å². The van der Waals surface area contributed by atoms with Crippen LogP contribution in [-0.2, 0) is 22.6 Å². The van der Waals surface area contributed by atoms with Gasteiger partial charge in [-0.3, -0.25) is 19.3 Å². The van der Waals surface area contributed by atoms with Gasteiger partial charge in [-0.15, -0.1) is 0 Å². The van der Waals surface area contributed by atoms with Crippen LogP contribution in [-0.4, -0.2) is 87.5 Å². The standard InChI is InChI=1S/C30H33N3O7/c1-32(2)13-14-6-5-7-15(10-14)17-8-9-20(34)22-18(17)11-16-12-19-24(33(3)4)26(36)23(29(31)39)28(38)30(19,40)27(37)21(16)25(22)35/h5-10,16,19,24,34,36-37,40H,11-13H2,1-4H3,(H2,31,39)/t16-,19-,24+,30-/m0/s1. The van der Waals surface area contributed by atoms with Crippen molar-refractivity contribution >= 4 is 17.5 Å². The molecule has 10 nitrogen and oxygen atoms in total. The Morgan fingerprint density at radius 1 is 1.07 bits per heavy atom. The van der Waals surface area contributed by atoms with Gasteiger partial charge in [-0.25, -0.2) is 0 Å². The third-order valence-electron chi connectivity index (χ3n) is 8.34. The maximum atomic E-state index is 13.9. The van der Waals surface area contributed by atoms with Gasteiger partial charge < -0.3 is 31.1 Å². The van der Waals surface area contributed by atoms with Gasteiger partial charge in [0.15, 0.2) is 11.4 Å². The van der Waals surface area contributed by atoms with E-state index in [4.69, 9.17) is 5.73 Å². The Balaban J connectivity index is 1.69. The summed E-state index contributed by atoms with van der Waals surface area (Å²) in [5, 5.41) is 44.9. The Bertz CT molecular complexity index is 1520. The number of amides is 1. The van der Waals surface area contributed by atoms with Crippen LogP contribution >= 0.6 is 0 Å². The van der Waals surface area contributed by atoms with E-state index in [-0.39, 0.29) is 29.7 Å². The molecule has 10 heteroatoms. The van der Waals surface area contributed by atoms with E-state index < -0.39 is 58.0 Å². The van der Waals surface area contributed by atoms with Crippen LogP contribution in [0.3, 0.4) is 0 Å². The number of primary amides is 1. The number of aliphatic hydroxyl groups excluding tert-OH is 2. The number of hydrogen-bond acceptors (Lipinski definition) is 9. The molecular formula is C30H33N3O7. The molecule has 5 rings (SSSR count). The molecule has 2 aromatic carbocycles. The van der Waals surface area contributed by atoms with E-state index in [2.05, 4.69) is 0 Å². The fourth-order valence-electron chi connectivity index (χ4n) is 6.72. The highest BCUT2D eigenvalue weighted by molar-refractivity contribution is 6.24. The molecule has 4 atom stereocenters. The predicted molar refractivity (Wildman–Crippen MR) is 147 cm³/mol. The van der Waals surface area contributed by atoms with E-state index in [0.717, 1.165) is 16.7 Å². The van der Waals surface area contributed by atoms with Gasteiger partial charge in [-0.2, -0.15) is 0 Å². The quantitative estimate of drug-likeness (QED) is 0.351. The molecule has 2 aromatic rings. The number of Topliss-reactive ketones (excluding diaryl/α,β-unsaturated/α-hetero) is 2. The van der Waals surface area contributed by atoms with Crippen molar-refractivity contribution in [2.24, 2.45) is 17.6 Å². The minimum absolute atomic E-state index is 0.00343. The summed E-state index contributed by atoms with van der Waals surface area (Å²) in [5.41, 5.74) is 5.00. The zero-order valence-corrected chi connectivity index (χ0v) is 22.8. The normalized spacial score (nSPS) is 26.2. The highest BCUT2D eigenvalue weighted by atomic mass is 16.3. The average molecular weight is 548 g/mol. The zero-order chi connectivity index (χ0) is 29.3. The predicted octanol–water partition coefficient (Wildman–Crippen LogP) is 1.85. The first-order chi connectivity index (χ1) is 18.8. The number of aliphatic hydroxyl groups is 3. The van der Waals surface area contributed by atoms with Gasteiger partial charge >= 0.3 is 0 Å². The number of carbonyl (C=O) groups is 3. The van der Waals surface area contributed by atoms with Gasteiger partial charge in [-0.1, -0.05) is 24.3 Å². The van der Waals surface area contributed by atoms with E-state index in [1.165, 1.54) is 11.0 Å². The summed E-state index contributed by atoms with van der Waals surface area (Å²) < 4.78 is 0. The first-order valence-electron chi connectivity index (χ1n) is 13.0. The van der Waals surface area contributed by atoms with Crippen molar-refractivity contribution in [3.05, 3.63) is 75.8 Å². The number of phenolic OH excluding ortho intramolecular Hbond substituents is 1. The van der Waals surface area contributed by atoms with Crippen molar-refractivity contribution in [2.75, 3.05) is 28.2 Å². The first kappa shape index (κ1) is 27.6. The van der Waals surface area contributed by atoms with Gasteiger partial charge in [0.05, 0.1) is 11.6 Å². The number of ketones is 2. The molecule has 40 heavy (non-hydrogen) atoms. The maximum Gasteiger partial charge on any atom is 0.255 e. The topological polar surface area (TPSA) is 165 Å². The molecule has 0 saturated heterocycles. The third kappa shape index (κ3) is 3.94. The Labute approximate surface area is 231 Å². The van der Waals surface area contributed by atoms with Crippen LogP contribution in [0.4, 0.5) is 0 Å². The van der Waals surface area contributed by atoms with Gasteiger partial charge in [0.25, 0.3) is 5.91 Å². The van der Waals surface area contributed by atoms with Gasteiger partial charge in [0.2, 0.25) is 5.78 Å². The molecule has 0 fully saturated rings. The molecule has 3 aliphatic carbocycles. The second-order valence-corrected chi connectivity index (χ2v) is 11.4. The Morgan fingerprint density at radius 2 is 1.77 bits per heavy atom. The summed E-state index contributed by atoms with van der Waals surface area (Å²) in [6.07, 6.45) is 0.276. The summed E-state index contributed by atoms with van der Waals surface area (Å²) in [7, 11) is 7.14. The van der Waals surface area contributed by atoms with Crippen LogP contribution in [0.25, 0.3) is 11.1 Å². The van der Waals surface area contributed by atoms with Crippen LogP contribution in [0.1, 0.15) is 27.9 Å². The Hall–Kier alpha value is -3.99. The minimum atomic E-state index is -2.65. The monoisotopic (exact) mass is 547 g/mol. The number of carbonyl (C=O) groups excluding carboxylic acids is 3. The number of hydrogen-bond donors (Lipinski definition) is 5. The molecule has 3 aliphatic rings. The molecular weight excluding hydrogens is 514 g/mol. The molecule has 0 spiro atoms. The summed E-state index contributed by atoms with van der Waals surface area (Å²) in [4.78, 5) is 43.0. The number of likely N-dealkylation sites (N-methyl/N-ethyl adjacent to an activating group) is 1. The number of nitrogens with zero attached hydrogens (tertiary/aromatic N) is 2. The van der Waals surface area contributed by atoms with E-state index in [9.17, 15) is 34.8 Å². The maximum absolute atomic E-state index is 13.9. The lowest BCUT2D eigenvalue weighted by atomic mass is 9.58. The van der Waals surface area contributed by atoms with Crippen LogP contribution in [0, 0.1) is 11.8 Å². The van der Waals surface area contributed by atoms with E-state index >= 15 is 0 Å². The Morgan fingerprint density at radius 3 is 2.40 bits per heavy atom. The Kier molecular flexibility index (Phi) is 6.60. The summed E-state index contributed by atoms with van der Waals surface area (Å²) in [6, 6.07) is 10.0. The number of aromatic hydroxyl groups is 1. The summed E-state index contributed by atoms with van der Waals surface area (Å²) in [5.74, 6) is -6.64. The van der Waals surface area contributed by atoms with Crippen LogP contribution in [0.5, 0.6) is 5.75 Å². The number of nitrogens with two attached hydrogens (primary N) is 1. The molecule has 0 radical (unpaired) electrons. The van der Waals surface area contributed by atoms with Crippen molar-refractivity contribution in [1.29, 1.82) is 0 Å². The molecule has 0 saturated carbocycles. The highest BCUT2D eigenvalue weighted by Gasteiger charge is 2.63. The van der Waals surface area contributed by atoms with Crippen LogP contribution in [0.2, 0.25) is 0 Å². The SMILES string of the molecule is CN(C)Cc1cccc(-c2ccc(O)c3c2C[C@H]2C[C@H]4[C@@H](N(C)C)C(O)=C(C(N)=O)C(=O)[C@@]4(O)C(O)=C2C3=O)c1. The highest BCUT2D eigenvalue weighted by Crippen LogP contribution is 2.53. The van der Waals surface area contributed by atoms with Crippen molar-refractivity contribution in [3.63, 3.8) is 0 Å². The number of phenols is 1. The van der Waals surface area contributed by atoms with E-state index in [1.807, 2.05) is 43.3 Å². The fraction of sp³-hybridized carbons (Fsp3) is 0.367. The number of rotatable bonds is 5. The molecule has 0 bridgehead atoms. The largest absolute Gasteiger partial charge is 0.510 e. The van der Waals surface area contributed by atoms with E-state index in [1.54, 1.807) is 20.2 Å². The zero-order valence-electron chi connectivity index (χ0n) is 22.8. The smallest absolute Gasteiger partial charge is 0.255 e. The second kappa shape index (κ2) is 9.58. The molecule has 6 N–H and O–H groups in total. The minimum Gasteiger partial charge on any atom is -0.510 e. The van der Waals surface area contributed by atoms with Crippen molar-refractivity contribution in [1.82, 2.24) is 9.80 Å². The lowest BCUT2D eigenvalue weighted by Gasteiger charge is -2.50. The van der Waals surface area contributed by atoms with Crippen LogP contribution in [0.15, 0.2) is 59.1 Å². The van der Waals surface area contributed by atoms with Gasteiger partial charge in [0, 0.05) is 18.0 Å². The lowest BCUT2D eigenvalue weighted by molar-refractivity contribution is -0.148. The lowest BCUT2D eigenvalue weighted by Crippen LogP contribution is -2.63. The van der Waals surface area contributed by atoms with Crippen molar-refractivity contribution in [3.8, 4) is 16.9 Å². The number of benzene rings is 2. The number of allylic oxidation sites excluding steroid dienone is 1. The molecule has 0 aromatic heterocycles. The molecule has 0 unspecified atom stereocenters. The second-order valence-electron chi connectivity index (χ2n) is 11.4. The van der Waals surface area contributed by atoms with E-state index in [0.29, 0.717) is 12.1 Å².